The fourth-order valence-electron chi connectivity index (χ4n) is 2.85. The Morgan fingerprint density at radius 2 is 2.35 bits per heavy atom. The van der Waals surface area contributed by atoms with Crippen molar-refractivity contribution in [3.8, 4) is 0 Å². The van der Waals surface area contributed by atoms with Gasteiger partial charge in [0.1, 0.15) is 5.76 Å². The summed E-state index contributed by atoms with van der Waals surface area (Å²) < 4.78 is 10.9. The Hall–Kier alpha value is -0.910. The third kappa shape index (κ3) is 4.89. The minimum atomic E-state index is -0.475. The van der Waals surface area contributed by atoms with Gasteiger partial charge in [0.2, 0.25) is 0 Å². The maximum absolute atomic E-state index is 9.93. The predicted octanol–water partition coefficient (Wildman–Crippen LogP) is 2.11. The summed E-state index contributed by atoms with van der Waals surface area (Å²) in [7, 11) is 0. The summed E-state index contributed by atoms with van der Waals surface area (Å²) in [6.45, 7) is 3.72. The van der Waals surface area contributed by atoms with Gasteiger partial charge >= 0.3 is 0 Å². The van der Waals surface area contributed by atoms with Gasteiger partial charge in [-0.15, -0.1) is 0 Å². The van der Waals surface area contributed by atoms with Crippen LogP contribution in [0.2, 0.25) is 0 Å². The molecule has 0 aromatic carbocycles. The second-order valence-corrected chi connectivity index (χ2v) is 5.59. The van der Waals surface area contributed by atoms with E-state index in [1.165, 1.54) is 25.7 Å². The molecule has 0 aliphatic heterocycles. The predicted molar refractivity (Wildman–Crippen MR) is 76.2 cm³/mol. The standard InChI is InChI=1S/C15H26N2O3/c1-2-12-5-3-4-6-15(12)19-11-13(18)9-16-10-14-7-8-17-20-14/h7-8,12-13,15-16,18H,2-6,9-11H2,1H3. The number of rotatable bonds is 8. The Labute approximate surface area is 120 Å². The average molecular weight is 282 g/mol. The molecule has 0 spiro atoms. The largest absolute Gasteiger partial charge is 0.389 e. The van der Waals surface area contributed by atoms with Crippen LogP contribution in [0.4, 0.5) is 0 Å². The fourth-order valence-corrected chi connectivity index (χ4v) is 2.85. The number of hydrogen-bond acceptors (Lipinski definition) is 5. The van der Waals surface area contributed by atoms with Crippen LogP contribution in [0.3, 0.4) is 0 Å². The second kappa shape index (κ2) is 8.39. The van der Waals surface area contributed by atoms with Crippen LogP contribution in [-0.4, -0.2) is 35.6 Å². The van der Waals surface area contributed by atoms with Crippen molar-refractivity contribution in [1.82, 2.24) is 10.5 Å². The minimum absolute atomic E-state index is 0.331. The summed E-state index contributed by atoms with van der Waals surface area (Å²) in [6, 6.07) is 1.81. The van der Waals surface area contributed by atoms with E-state index in [-0.39, 0.29) is 0 Å². The van der Waals surface area contributed by atoms with E-state index in [4.69, 9.17) is 9.26 Å². The van der Waals surface area contributed by atoms with E-state index in [1.54, 1.807) is 6.20 Å². The van der Waals surface area contributed by atoms with Gasteiger partial charge in [0, 0.05) is 12.6 Å². The molecule has 0 saturated heterocycles. The molecule has 1 saturated carbocycles. The molecule has 5 heteroatoms. The van der Waals surface area contributed by atoms with Crippen molar-refractivity contribution in [2.75, 3.05) is 13.2 Å². The summed E-state index contributed by atoms with van der Waals surface area (Å²) in [5.41, 5.74) is 0. The van der Waals surface area contributed by atoms with Crippen LogP contribution in [-0.2, 0) is 11.3 Å². The molecule has 1 aromatic heterocycles. The first-order valence-corrected chi connectivity index (χ1v) is 7.69. The maximum atomic E-state index is 9.93. The van der Waals surface area contributed by atoms with Gasteiger partial charge in [-0.2, -0.15) is 0 Å². The Kier molecular flexibility index (Phi) is 6.50. The van der Waals surface area contributed by atoms with E-state index in [9.17, 15) is 5.11 Å². The van der Waals surface area contributed by atoms with Crippen molar-refractivity contribution in [2.45, 2.75) is 57.8 Å². The molecule has 0 radical (unpaired) electrons. The molecule has 3 unspecified atom stereocenters. The lowest BCUT2D eigenvalue weighted by Gasteiger charge is -2.31. The number of nitrogens with one attached hydrogen (secondary N) is 1. The Morgan fingerprint density at radius 3 is 3.10 bits per heavy atom. The second-order valence-electron chi connectivity index (χ2n) is 5.59. The Morgan fingerprint density at radius 1 is 1.50 bits per heavy atom. The molecule has 20 heavy (non-hydrogen) atoms. The maximum Gasteiger partial charge on any atom is 0.150 e. The van der Waals surface area contributed by atoms with Crippen molar-refractivity contribution >= 4 is 0 Å². The van der Waals surface area contributed by atoms with E-state index >= 15 is 0 Å². The summed E-state index contributed by atoms with van der Waals surface area (Å²) in [5.74, 6) is 1.44. The van der Waals surface area contributed by atoms with Crippen LogP contribution in [0.25, 0.3) is 0 Å². The molecular weight excluding hydrogens is 256 g/mol. The van der Waals surface area contributed by atoms with Crippen molar-refractivity contribution < 1.29 is 14.4 Å². The molecule has 2 rings (SSSR count). The molecule has 3 atom stereocenters. The highest BCUT2D eigenvalue weighted by Crippen LogP contribution is 2.29. The van der Waals surface area contributed by atoms with Crippen molar-refractivity contribution in [2.24, 2.45) is 5.92 Å². The summed E-state index contributed by atoms with van der Waals surface area (Å²) in [5, 5.41) is 16.7. The quantitative estimate of drug-likeness (QED) is 0.764. The van der Waals surface area contributed by atoms with E-state index in [1.807, 2.05) is 6.07 Å². The molecule has 0 amide bonds. The number of hydrogen-bond donors (Lipinski definition) is 2. The van der Waals surface area contributed by atoms with Crippen LogP contribution in [0, 0.1) is 5.92 Å². The van der Waals surface area contributed by atoms with Crippen molar-refractivity contribution in [1.29, 1.82) is 0 Å². The topological polar surface area (TPSA) is 67.5 Å². The monoisotopic (exact) mass is 282 g/mol. The zero-order chi connectivity index (χ0) is 14.2. The lowest BCUT2D eigenvalue weighted by atomic mass is 9.85. The highest BCUT2D eigenvalue weighted by atomic mass is 16.5. The third-order valence-corrected chi connectivity index (χ3v) is 4.04. The molecule has 1 heterocycles. The minimum Gasteiger partial charge on any atom is -0.389 e. The van der Waals surface area contributed by atoms with Crippen molar-refractivity contribution in [3.63, 3.8) is 0 Å². The molecule has 1 aliphatic rings. The van der Waals surface area contributed by atoms with E-state index < -0.39 is 6.10 Å². The molecule has 5 nitrogen and oxygen atoms in total. The zero-order valence-corrected chi connectivity index (χ0v) is 12.3. The van der Waals surface area contributed by atoms with Crippen LogP contribution in [0.1, 0.15) is 44.8 Å². The highest BCUT2D eigenvalue weighted by Gasteiger charge is 2.24. The summed E-state index contributed by atoms with van der Waals surface area (Å²) >= 11 is 0. The first kappa shape index (κ1) is 15.5. The van der Waals surface area contributed by atoms with Crippen LogP contribution in [0.5, 0.6) is 0 Å². The lowest BCUT2D eigenvalue weighted by molar-refractivity contribution is -0.0500. The van der Waals surface area contributed by atoms with E-state index in [0.29, 0.717) is 31.7 Å². The van der Waals surface area contributed by atoms with Gasteiger partial charge in [0.25, 0.3) is 0 Å². The van der Waals surface area contributed by atoms with Gasteiger partial charge in [-0.1, -0.05) is 31.3 Å². The third-order valence-electron chi connectivity index (χ3n) is 4.04. The van der Waals surface area contributed by atoms with Crippen LogP contribution < -0.4 is 5.32 Å². The van der Waals surface area contributed by atoms with E-state index in [2.05, 4.69) is 17.4 Å². The number of aromatic nitrogens is 1. The molecule has 1 aliphatic carbocycles. The summed E-state index contributed by atoms with van der Waals surface area (Å²) in [6.07, 6.45) is 7.61. The number of aliphatic hydroxyl groups is 1. The van der Waals surface area contributed by atoms with Crippen molar-refractivity contribution in [3.05, 3.63) is 18.0 Å². The Bertz CT molecular complexity index is 356. The Balaban J connectivity index is 1.60. The first-order valence-electron chi connectivity index (χ1n) is 7.69. The highest BCUT2D eigenvalue weighted by molar-refractivity contribution is 4.91. The van der Waals surface area contributed by atoms with Gasteiger partial charge in [0.15, 0.2) is 0 Å². The molecule has 2 N–H and O–H groups in total. The van der Waals surface area contributed by atoms with E-state index in [0.717, 1.165) is 12.2 Å². The SMILES string of the molecule is CCC1CCCCC1OCC(O)CNCc1ccno1. The average Bonchev–Trinajstić information content (AvgIpc) is 2.98. The molecule has 114 valence electrons. The van der Waals surface area contributed by atoms with Gasteiger partial charge in [-0.05, 0) is 18.8 Å². The number of aliphatic hydroxyl groups excluding tert-OH is 1. The smallest absolute Gasteiger partial charge is 0.150 e. The van der Waals surface area contributed by atoms with Gasteiger partial charge < -0.3 is 19.7 Å². The van der Waals surface area contributed by atoms with Gasteiger partial charge in [0.05, 0.1) is 31.6 Å². The van der Waals surface area contributed by atoms with Gasteiger partial charge in [-0.25, -0.2) is 0 Å². The lowest BCUT2D eigenvalue weighted by Crippen LogP contribution is -2.34. The van der Waals surface area contributed by atoms with Crippen LogP contribution in [0.15, 0.2) is 16.8 Å². The zero-order valence-electron chi connectivity index (χ0n) is 12.3. The van der Waals surface area contributed by atoms with Gasteiger partial charge in [-0.3, -0.25) is 0 Å². The number of ether oxygens (including phenoxy) is 1. The summed E-state index contributed by atoms with van der Waals surface area (Å²) in [4.78, 5) is 0. The fraction of sp³-hybridized carbons (Fsp3) is 0.800. The molecule has 0 bridgehead atoms. The molecule has 1 fully saturated rings. The number of nitrogens with zero attached hydrogens (tertiary/aromatic N) is 1. The first-order chi connectivity index (χ1) is 9.79. The normalized spacial score (nSPS) is 24.7. The molecular formula is C15H26N2O3. The molecule has 1 aromatic rings. The van der Waals surface area contributed by atoms with Crippen LogP contribution >= 0.6 is 0 Å².